The first-order valence-corrected chi connectivity index (χ1v) is 4.06. The molecule has 0 atom stereocenters. The maximum atomic E-state index is 12.9. The minimum absolute atomic E-state index is 0.135. The Hall–Kier alpha value is -0.610. The second kappa shape index (κ2) is 3.41. The molecule has 1 rings (SSSR count). The van der Waals surface area contributed by atoms with Gasteiger partial charge in [-0.25, -0.2) is 4.39 Å². The number of hydrogen-bond donors (Lipinski definition) is 1. The van der Waals surface area contributed by atoms with Crippen molar-refractivity contribution in [1.29, 1.82) is 0 Å². The SMILES string of the molecule is O=Cc1cc(Br)c(Cl)c(F)c1O. The zero-order chi connectivity index (χ0) is 9.30. The van der Waals surface area contributed by atoms with Crippen molar-refractivity contribution in [3.05, 3.63) is 26.9 Å². The zero-order valence-corrected chi connectivity index (χ0v) is 7.99. The lowest BCUT2D eigenvalue weighted by Crippen LogP contribution is -1.88. The molecule has 0 aliphatic heterocycles. The average molecular weight is 253 g/mol. The number of rotatable bonds is 1. The van der Waals surface area contributed by atoms with Crippen LogP contribution in [0.3, 0.4) is 0 Å². The van der Waals surface area contributed by atoms with Crippen LogP contribution in [0.4, 0.5) is 4.39 Å². The molecule has 0 saturated carbocycles. The summed E-state index contributed by atoms with van der Waals surface area (Å²) < 4.78 is 13.1. The van der Waals surface area contributed by atoms with Crippen molar-refractivity contribution in [1.82, 2.24) is 0 Å². The number of halogens is 3. The predicted molar refractivity (Wildman–Crippen MR) is 46.2 cm³/mol. The van der Waals surface area contributed by atoms with Crippen molar-refractivity contribution < 1.29 is 14.3 Å². The second-order valence-corrected chi connectivity index (χ2v) is 3.27. The molecule has 12 heavy (non-hydrogen) atoms. The molecule has 0 fully saturated rings. The molecule has 1 N–H and O–H groups in total. The van der Waals surface area contributed by atoms with E-state index in [2.05, 4.69) is 15.9 Å². The Kier molecular flexibility index (Phi) is 2.69. The number of aldehydes is 1. The van der Waals surface area contributed by atoms with E-state index in [9.17, 15) is 9.18 Å². The van der Waals surface area contributed by atoms with E-state index < -0.39 is 11.6 Å². The van der Waals surface area contributed by atoms with Gasteiger partial charge >= 0.3 is 0 Å². The third kappa shape index (κ3) is 1.44. The summed E-state index contributed by atoms with van der Waals surface area (Å²) >= 11 is 8.34. The van der Waals surface area contributed by atoms with Gasteiger partial charge < -0.3 is 5.11 Å². The molecule has 0 spiro atoms. The van der Waals surface area contributed by atoms with Gasteiger partial charge in [0.2, 0.25) is 0 Å². The molecule has 0 amide bonds. The lowest BCUT2D eigenvalue weighted by molar-refractivity contribution is 0.112. The van der Waals surface area contributed by atoms with Crippen LogP contribution < -0.4 is 0 Å². The molecule has 0 unspecified atom stereocenters. The van der Waals surface area contributed by atoms with Gasteiger partial charge in [0.05, 0.1) is 10.6 Å². The van der Waals surface area contributed by atoms with Crippen molar-refractivity contribution in [3.63, 3.8) is 0 Å². The fourth-order valence-electron chi connectivity index (χ4n) is 0.694. The minimum Gasteiger partial charge on any atom is -0.504 e. The number of aromatic hydroxyl groups is 1. The average Bonchev–Trinajstić information content (AvgIpc) is 2.08. The molecule has 0 saturated heterocycles. The number of phenolic OH excluding ortho intramolecular Hbond substituents is 1. The predicted octanol–water partition coefficient (Wildman–Crippen LogP) is 2.76. The van der Waals surface area contributed by atoms with Crippen LogP contribution in [0.25, 0.3) is 0 Å². The van der Waals surface area contributed by atoms with Crippen molar-refractivity contribution in [3.8, 4) is 5.75 Å². The van der Waals surface area contributed by atoms with E-state index in [-0.39, 0.29) is 15.1 Å². The Morgan fingerprint density at radius 2 is 2.25 bits per heavy atom. The molecule has 64 valence electrons. The fraction of sp³-hybridized carbons (Fsp3) is 0. The Morgan fingerprint density at radius 1 is 1.67 bits per heavy atom. The molecular formula is C7H3BrClFO2. The van der Waals surface area contributed by atoms with Crippen molar-refractivity contribution in [2.24, 2.45) is 0 Å². The highest BCUT2D eigenvalue weighted by Crippen LogP contribution is 2.33. The summed E-state index contributed by atoms with van der Waals surface area (Å²) in [5.74, 6) is -1.72. The van der Waals surface area contributed by atoms with Crippen molar-refractivity contribution >= 4 is 33.8 Å². The highest BCUT2D eigenvalue weighted by atomic mass is 79.9. The Morgan fingerprint density at radius 3 is 2.75 bits per heavy atom. The maximum absolute atomic E-state index is 12.9. The van der Waals surface area contributed by atoms with Crippen LogP contribution in [0.1, 0.15) is 10.4 Å². The van der Waals surface area contributed by atoms with Gasteiger partial charge in [0.1, 0.15) is 0 Å². The smallest absolute Gasteiger partial charge is 0.185 e. The molecule has 5 heteroatoms. The van der Waals surface area contributed by atoms with Gasteiger partial charge in [0.25, 0.3) is 0 Å². The first-order chi connectivity index (χ1) is 5.57. The van der Waals surface area contributed by atoms with E-state index in [1.807, 2.05) is 0 Å². The molecule has 0 heterocycles. The minimum atomic E-state index is -0.992. The lowest BCUT2D eigenvalue weighted by atomic mass is 10.2. The number of phenols is 1. The summed E-state index contributed by atoms with van der Waals surface area (Å²) in [5.41, 5.74) is -0.135. The topological polar surface area (TPSA) is 37.3 Å². The molecular weight excluding hydrogens is 250 g/mol. The van der Waals surface area contributed by atoms with Gasteiger partial charge in [-0.2, -0.15) is 0 Å². The van der Waals surface area contributed by atoms with Gasteiger partial charge in [0.15, 0.2) is 17.9 Å². The Balaban J connectivity index is 3.49. The molecule has 0 aromatic heterocycles. The molecule has 0 radical (unpaired) electrons. The molecule has 0 bridgehead atoms. The first-order valence-electron chi connectivity index (χ1n) is 2.89. The van der Waals surface area contributed by atoms with Crippen LogP contribution in [-0.4, -0.2) is 11.4 Å². The van der Waals surface area contributed by atoms with Crippen LogP contribution in [0.2, 0.25) is 5.02 Å². The van der Waals surface area contributed by atoms with Gasteiger partial charge in [0, 0.05) is 4.47 Å². The Bertz CT molecular complexity index is 341. The number of carbonyl (C=O) groups excluding carboxylic acids is 1. The second-order valence-electron chi connectivity index (χ2n) is 2.04. The summed E-state index contributed by atoms with van der Waals surface area (Å²) in [5, 5.41) is 8.75. The summed E-state index contributed by atoms with van der Waals surface area (Å²) in [4.78, 5) is 10.3. The Labute approximate surface area is 81.1 Å². The molecule has 2 nitrogen and oxygen atoms in total. The summed E-state index contributed by atoms with van der Waals surface area (Å²) in [6.45, 7) is 0. The summed E-state index contributed by atoms with van der Waals surface area (Å²) in [6.07, 6.45) is 0.347. The van der Waals surface area contributed by atoms with Crippen LogP contribution in [0, 0.1) is 5.82 Å². The molecule has 0 aliphatic rings. The van der Waals surface area contributed by atoms with Crippen molar-refractivity contribution in [2.75, 3.05) is 0 Å². The zero-order valence-electron chi connectivity index (χ0n) is 5.64. The summed E-state index contributed by atoms with van der Waals surface area (Å²) in [6, 6.07) is 1.24. The lowest BCUT2D eigenvalue weighted by Gasteiger charge is -2.02. The fourth-order valence-corrected chi connectivity index (χ4v) is 1.26. The van der Waals surface area contributed by atoms with E-state index in [4.69, 9.17) is 16.7 Å². The molecule has 1 aromatic rings. The third-order valence-corrected chi connectivity index (χ3v) is 2.52. The van der Waals surface area contributed by atoms with Gasteiger partial charge in [-0.05, 0) is 22.0 Å². The molecule has 0 aliphatic carbocycles. The van der Waals surface area contributed by atoms with Gasteiger partial charge in [-0.15, -0.1) is 0 Å². The van der Waals surface area contributed by atoms with E-state index in [0.717, 1.165) is 0 Å². The highest BCUT2D eigenvalue weighted by molar-refractivity contribution is 9.10. The van der Waals surface area contributed by atoms with Gasteiger partial charge in [-0.1, -0.05) is 11.6 Å². The van der Waals surface area contributed by atoms with Crippen LogP contribution >= 0.6 is 27.5 Å². The van der Waals surface area contributed by atoms with Crippen molar-refractivity contribution in [2.45, 2.75) is 0 Å². The van der Waals surface area contributed by atoms with Gasteiger partial charge in [-0.3, -0.25) is 4.79 Å². The highest BCUT2D eigenvalue weighted by Gasteiger charge is 2.14. The quantitative estimate of drug-likeness (QED) is 0.617. The first kappa shape index (κ1) is 9.48. The van der Waals surface area contributed by atoms with Crippen LogP contribution in [-0.2, 0) is 0 Å². The van der Waals surface area contributed by atoms with Crippen LogP contribution in [0.15, 0.2) is 10.5 Å². The van der Waals surface area contributed by atoms with E-state index >= 15 is 0 Å². The summed E-state index contributed by atoms with van der Waals surface area (Å²) in [7, 11) is 0. The van der Waals surface area contributed by atoms with E-state index in [1.54, 1.807) is 0 Å². The standard InChI is InChI=1S/C7H3BrClFO2/c8-4-1-3(2-11)7(12)6(10)5(4)9/h1-2,12H. The third-order valence-electron chi connectivity index (χ3n) is 1.29. The number of benzene rings is 1. The maximum Gasteiger partial charge on any atom is 0.185 e. The van der Waals surface area contributed by atoms with E-state index in [0.29, 0.717) is 6.29 Å². The van der Waals surface area contributed by atoms with E-state index in [1.165, 1.54) is 6.07 Å². The monoisotopic (exact) mass is 252 g/mol. The number of hydrogen-bond acceptors (Lipinski definition) is 2. The number of carbonyl (C=O) groups is 1. The largest absolute Gasteiger partial charge is 0.504 e. The van der Waals surface area contributed by atoms with Crippen LogP contribution in [0.5, 0.6) is 5.75 Å². The molecule has 1 aromatic carbocycles. The normalized spacial score (nSPS) is 9.92.